The third kappa shape index (κ3) is 2.71. The third-order valence-corrected chi connectivity index (χ3v) is 1.80. The summed E-state index contributed by atoms with van der Waals surface area (Å²) in [4.78, 5) is 4.02. The summed E-state index contributed by atoms with van der Waals surface area (Å²) in [7, 11) is 0. The van der Waals surface area contributed by atoms with Gasteiger partial charge in [0, 0.05) is 12.4 Å². The molecule has 0 aliphatic heterocycles. The highest BCUT2D eigenvalue weighted by molar-refractivity contribution is 5.65. The van der Waals surface area contributed by atoms with E-state index >= 15 is 0 Å². The molecule has 13 heavy (non-hydrogen) atoms. The van der Waals surface area contributed by atoms with Gasteiger partial charge in [-0.15, -0.1) is 0 Å². The second-order valence-corrected chi connectivity index (χ2v) is 2.88. The van der Waals surface area contributed by atoms with E-state index in [2.05, 4.69) is 24.7 Å². The van der Waals surface area contributed by atoms with E-state index < -0.39 is 0 Å². The van der Waals surface area contributed by atoms with Crippen LogP contribution in [0.5, 0.6) is 0 Å². The Kier molecular flexibility index (Phi) is 3.21. The molecule has 1 heteroatoms. The summed E-state index contributed by atoms with van der Waals surface area (Å²) in [6, 6.07) is 3.89. The molecule has 0 unspecified atom stereocenters. The highest BCUT2D eigenvalue weighted by Gasteiger charge is 1.98. The van der Waals surface area contributed by atoms with Crippen LogP contribution in [0.1, 0.15) is 12.0 Å². The van der Waals surface area contributed by atoms with Crippen molar-refractivity contribution in [3.05, 3.63) is 61.5 Å². The number of aromatic nitrogens is 1. The lowest BCUT2D eigenvalue weighted by atomic mass is 10.0. The first kappa shape index (κ1) is 9.46. The Morgan fingerprint density at radius 2 is 2.23 bits per heavy atom. The molecule has 0 saturated heterocycles. The number of pyridine rings is 1. The maximum Gasteiger partial charge on any atom is 0.0342 e. The molecule has 1 rings (SSSR count). The van der Waals surface area contributed by atoms with Gasteiger partial charge in [0.15, 0.2) is 0 Å². The van der Waals surface area contributed by atoms with Gasteiger partial charge in [-0.25, -0.2) is 0 Å². The fourth-order valence-corrected chi connectivity index (χ4v) is 1.02. The van der Waals surface area contributed by atoms with Crippen molar-refractivity contribution in [3.8, 4) is 0 Å². The van der Waals surface area contributed by atoms with E-state index in [1.165, 1.54) is 0 Å². The van der Waals surface area contributed by atoms with E-state index in [9.17, 15) is 0 Å². The fraction of sp³-hybridized carbons (Fsp3) is 0.0833. The zero-order valence-corrected chi connectivity index (χ0v) is 7.66. The lowest BCUT2D eigenvalue weighted by Gasteiger charge is -2.04. The quantitative estimate of drug-likeness (QED) is 0.634. The first-order valence-corrected chi connectivity index (χ1v) is 4.12. The van der Waals surface area contributed by atoms with E-state index in [0.717, 1.165) is 23.1 Å². The van der Waals surface area contributed by atoms with E-state index in [0.29, 0.717) is 0 Å². The number of hydrogen-bond donors (Lipinski definition) is 0. The molecule has 0 atom stereocenters. The minimum absolute atomic E-state index is 0.759. The molecule has 0 bridgehead atoms. The molecule has 0 aromatic carbocycles. The predicted octanol–water partition coefficient (Wildman–Crippen LogP) is 3.23. The van der Waals surface area contributed by atoms with Gasteiger partial charge in [0.1, 0.15) is 0 Å². The summed E-state index contributed by atoms with van der Waals surface area (Å²) in [6.45, 7) is 11.5. The summed E-state index contributed by atoms with van der Waals surface area (Å²) in [5.74, 6) is 0. The van der Waals surface area contributed by atoms with Gasteiger partial charge in [0.05, 0.1) is 0 Å². The van der Waals surface area contributed by atoms with Crippen LogP contribution in [-0.4, -0.2) is 4.98 Å². The Morgan fingerprint density at radius 1 is 1.46 bits per heavy atom. The topological polar surface area (TPSA) is 12.9 Å². The van der Waals surface area contributed by atoms with Crippen molar-refractivity contribution in [2.75, 3.05) is 0 Å². The molecule has 0 fully saturated rings. The Labute approximate surface area is 79.1 Å². The van der Waals surface area contributed by atoms with Crippen LogP contribution in [0, 0.1) is 0 Å². The average molecular weight is 171 g/mol. The molecule has 1 aromatic heterocycles. The van der Waals surface area contributed by atoms with Crippen LogP contribution in [0.3, 0.4) is 0 Å². The van der Waals surface area contributed by atoms with Crippen LogP contribution in [0.4, 0.5) is 0 Å². The standard InChI is InChI=1S/C12H13N/c1-4-10(2)8-11(3)12-6-5-7-13-9-12/h4-7,9H,1-3,8H2. The van der Waals surface area contributed by atoms with Crippen molar-refractivity contribution in [1.29, 1.82) is 0 Å². The lowest BCUT2D eigenvalue weighted by molar-refractivity contribution is 1.26. The molecule has 66 valence electrons. The van der Waals surface area contributed by atoms with E-state index in [1.807, 2.05) is 12.1 Å². The van der Waals surface area contributed by atoms with Crippen LogP contribution in [-0.2, 0) is 0 Å². The van der Waals surface area contributed by atoms with Crippen molar-refractivity contribution in [1.82, 2.24) is 4.98 Å². The molecule has 1 heterocycles. The van der Waals surface area contributed by atoms with Crippen molar-refractivity contribution < 1.29 is 0 Å². The highest BCUT2D eigenvalue weighted by Crippen LogP contribution is 2.18. The van der Waals surface area contributed by atoms with Crippen LogP contribution in [0.2, 0.25) is 0 Å². The van der Waals surface area contributed by atoms with E-state index in [1.54, 1.807) is 18.5 Å². The summed E-state index contributed by atoms with van der Waals surface area (Å²) in [6.07, 6.45) is 6.06. The second-order valence-electron chi connectivity index (χ2n) is 2.88. The number of allylic oxidation sites excluding steroid dienone is 3. The van der Waals surface area contributed by atoms with Crippen molar-refractivity contribution >= 4 is 5.57 Å². The Hall–Kier alpha value is -1.63. The molecule has 0 aliphatic rings. The maximum atomic E-state index is 4.02. The normalized spacial score (nSPS) is 9.23. The second kappa shape index (κ2) is 4.41. The number of nitrogens with zero attached hydrogens (tertiary/aromatic N) is 1. The van der Waals surface area contributed by atoms with Gasteiger partial charge in [0.25, 0.3) is 0 Å². The van der Waals surface area contributed by atoms with Gasteiger partial charge >= 0.3 is 0 Å². The number of rotatable bonds is 4. The summed E-state index contributed by atoms with van der Waals surface area (Å²) in [5.41, 5.74) is 3.07. The molecular weight excluding hydrogens is 158 g/mol. The fourth-order valence-electron chi connectivity index (χ4n) is 1.02. The molecule has 0 amide bonds. The Balaban J connectivity index is 2.70. The first-order valence-electron chi connectivity index (χ1n) is 4.12. The molecule has 0 saturated carbocycles. The molecule has 0 spiro atoms. The maximum absolute atomic E-state index is 4.02. The molecular formula is C12H13N. The van der Waals surface area contributed by atoms with Crippen LogP contribution in [0.15, 0.2) is 55.9 Å². The van der Waals surface area contributed by atoms with Gasteiger partial charge in [0.2, 0.25) is 0 Å². The minimum atomic E-state index is 0.759. The van der Waals surface area contributed by atoms with Crippen molar-refractivity contribution in [3.63, 3.8) is 0 Å². The Bertz CT molecular complexity index is 322. The molecule has 0 N–H and O–H groups in total. The SMILES string of the molecule is C=CC(=C)CC(=C)c1cccnc1. The largest absolute Gasteiger partial charge is 0.264 e. The molecule has 0 radical (unpaired) electrons. The summed E-state index contributed by atoms with van der Waals surface area (Å²) < 4.78 is 0. The van der Waals surface area contributed by atoms with Crippen LogP contribution in [0.25, 0.3) is 5.57 Å². The molecule has 1 aromatic rings. The van der Waals surface area contributed by atoms with E-state index in [4.69, 9.17) is 0 Å². The zero-order valence-electron chi connectivity index (χ0n) is 7.66. The highest BCUT2D eigenvalue weighted by atomic mass is 14.6. The molecule has 1 nitrogen and oxygen atoms in total. The van der Waals surface area contributed by atoms with Crippen LogP contribution < -0.4 is 0 Å². The van der Waals surface area contributed by atoms with Crippen molar-refractivity contribution in [2.24, 2.45) is 0 Å². The number of hydrogen-bond acceptors (Lipinski definition) is 1. The van der Waals surface area contributed by atoms with Crippen LogP contribution >= 0.6 is 0 Å². The predicted molar refractivity (Wildman–Crippen MR) is 57.2 cm³/mol. The lowest BCUT2D eigenvalue weighted by Crippen LogP contribution is -1.85. The van der Waals surface area contributed by atoms with Gasteiger partial charge in [-0.2, -0.15) is 0 Å². The Morgan fingerprint density at radius 3 is 2.77 bits per heavy atom. The van der Waals surface area contributed by atoms with E-state index in [-0.39, 0.29) is 0 Å². The van der Waals surface area contributed by atoms with Gasteiger partial charge < -0.3 is 0 Å². The zero-order chi connectivity index (χ0) is 9.68. The summed E-state index contributed by atoms with van der Waals surface area (Å²) in [5, 5.41) is 0. The monoisotopic (exact) mass is 171 g/mol. The smallest absolute Gasteiger partial charge is 0.0342 e. The summed E-state index contributed by atoms with van der Waals surface area (Å²) >= 11 is 0. The third-order valence-electron chi connectivity index (χ3n) is 1.80. The molecule has 0 aliphatic carbocycles. The first-order chi connectivity index (χ1) is 6.24. The van der Waals surface area contributed by atoms with Gasteiger partial charge in [-0.1, -0.05) is 37.5 Å². The van der Waals surface area contributed by atoms with Gasteiger partial charge in [-0.05, 0) is 23.6 Å². The van der Waals surface area contributed by atoms with Crippen molar-refractivity contribution in [2.45, 2.75) is 6.42 Å². The minimum Gasteiger partial charge on any atom is -0.264 e. The van der Waals surface area contributed by atoms with Gasteiger partial charge in [-0.3, -0.25) is 4.98 Å². The average Bonchev–Trinajstić information content (AvgIpc) is 2.19.